The van der Waals surface area contributed by atoms with Crippen LogP contribution in [0.1, 0.15) is 17.3 Å². The van der Waals surface area contributed by atoms with Gasteiger partial charge in [0.05, 0.1) is 23.0 Å². The van der Waals surface area contributed by atoms with Gasteiger partial charge in [0.1, 0.15) is 5.75 Å². The van der Waals surface area contributed by atoms with E-state index in [0.717, 1.165) is 5.75 Å². The van der Waals surface area contributed by atoms with E-state index in [9.17, 15) is 9.59 Å². The first kappa shape index (κ1) is 14.7. The SMILES string of the molecule is CCOc1ccc(C(=O)Cn2cncc(I)c2=O)cc1. The van der Waals surface area contributed by atoms with Gasteiger partial charge in [-0.2, -0.15) is 0 Å². The third kappa shape index (κ3) is 3.44. The molecule has 1 aromatic carbocycles. The molecule has 0 atom stereocenters. The molecule has 0 aliphatic carbocycles. The Hall–Kier alpha value is -1.70. The van der Waals surface area contributed by atoms with Crippen molar-refractivity contribution in [1.82, 2.24) is 9.55 Å². The summed E-state index contributed by atoms with van der Waals surface area (Å²) in [5, 5.41) is 0. The van der Waals surface area contributed by atoms with Crippen molar-refractivity contribution >= 4 is 28.4 Å². The summed E-state index contributed by atoms with van der Waals surface area (Å²) in [4.78, 5) is 27.8. The van der Waals surface area contributed by atoms with Crippen LogP contribution in [0.3, 0.4) is 0 Å². The van der Waals surface area contributed by atoms with E-state index in [1.165, 1.54) is 17.1 Å². The largest absolute Gasteiger partial charge is 0.494 e. The predicted molar refractivity (Wildman–Crippen MR) is 83.2 cm³/mol. The van der Waals surface area contributed by atoms with Crippen molar-refractivity contribution in [3.05, 3.63) is 56.3 Å². The van der Waals surface area contributed by atoms with Crippen LogP contribution in [-0.2, 0) is 6.54 Å². The fourth-order valence-corrected chi connectivity index (χ4v) is 2.16. The van der Waals surface area contributed by atoms with Gasteiger partial charge in [-0.15, -0.1) is 0 Å². The lowest BCUT2D eigenvalue weighted by Crippen LogP contribution is -2.26. The third-order valence-corrected chi connectivity index (χ3v) is 3.40. The van der Waals surface area contributed by atoms with E-state index < -0.39 is 0 Å². The van der Waals surface area contributed by atoms with Gasteiger partial charge in [0.25, 0.3) is 5.56 Å². The van der Waals surface area contributed by atoms with Crippen LogP contribution in [0, 0.1) is 3.57 Å². The van der Waals surface area contributed by atoms with Crippen LogP contribution in [0.4, 0.5) is 0 Å². The summed E-state index contributed by atoms with van der Waals surface area (Å²) in [5.74, 6) is 0.580. The van der Waals surface area contributed by atoms with Crippen molar-refractivity contribution in [2.24, 2.45) is 0 Å². The molecule has 0 saturated carbocycles. The molecule has 0 unspecified atom stereocenters. The van der Waals surface area contributed by atoms with Crippen molar-refractivity contribution in [2.45, 2.75) is 13.5 Å². The van der Waals surface area contributed by atoms with E-state index in [1.54, 1.807) is 24.3 Å². The molecule has 104 valence electrons. The number of ether oxygens (including phenoxy) is 1. The molecular formula is C14H13IN2O3. The molecule has 20 heavy (non-hydrogen) atoms. The number of aromatic nitrogens is 2. The summed E-state index contributed by atoms with van der Waals surface area (Å²) in [7, 11) is 0. The van der Waals surface area contributed by atoms with Crippen molar-refractivity contribution in [2.75, 3.05) is 6.61 Å². The Labute approximate surface area is 129 Å². The number of rotatable bonds is 5. The molecule has 0 saturated heterocycles. The monoisotopic (exact) mass is 384 g/mol. The molecule has 0 aliphatic heterocycles. The van der Waals surface area contributed by atoms with Crippen LogP contribution in [0.2, 0.25) is 0 Å². The first-order valence-electron chi connectivity index (χ1n) is 6.08. The molecule has 0 amide bonds. The fourth-order valence-electron chi connectivity index (χ4n) is 1.69. The van der Waals surface area contributed by atoms with Gasteiger partial charge >= 0.3 is 0 Å². The van der Waals surface area contributed by atoms with Crippen LogP contribution >= 0.6 is 22.6 Å². The van der Waals surface area contributed by atoms with Crippen LogP contribution in [0.15, 0.2) is 41.6 Å². The van der Waals surface area contributed by atoms with Gasteiger partial charge < -0.3 is 4.74 Å². The zero-order valence-electron chi connectivity index (χ0n) is 10.9. The number of nitrogens with zero attached hydrogens (tertiary/aromatic N) is 2. The van der Waals surface area contributed by atoms with Crippen LogP contribution in [0.5, 0.6) is 5.75 Å². The summed E-state index contributed by atoms with van der Waals surface area (Å²) >= 11 is 1.90. The summed E-state index contributed by atoms with van der Waals surface area (Å²) in [6, 6.07) is 6.87. The van der Waals surface area contributed by atoms with Crippen LogP contribution in [0.25, 0.3) is 0 Å². The Morgan fingerprint density at radius 1 is 1.35 bits per heavy atom. The van der Waals surface area contributed by atoms with Crippen molar-refractivity contribution in [3.8, 4) is 5.75 Å². The molecule has 6 heteroatoms. The predicted octanol–water partition coefficient (Wildman–Crippen LogP) is 2.13. The number of hydrogen-bond acceptors (Lipinski definition) is 4. The lowest BCUT2D eigenvalue weighted by molar-refractivity contribution is 0.0970. The zero-order chi connectivity index (χ0) is 14.5. The van der Waals surface area contributed by atoms with Gasteiger partial charge in [-0.3, -0.25) is 14.2 Å². The Kier molecular flexibility index (Phi) is 4.89. The quantitative estimate of drug-likeness (QED) is 0.586. The van der Waals surface area contributed by atoms with Crippen molar-refractivity contribution in [1.29, 1.82) is 0 Å². The fraction of sp³-hybridized carbons (Fsp3) is 0.214. The van der Waals surface area contributed by atoms with Gasteiger partial charge in [0.2, 0.25) is 0 Å². The Morgan fingerprint density at radius 2 is 2.05 bits per heavy atom. The molecule has 1 heterocycles. The molecular weight excluding hydrogens is 371 g/mol. The van der Waals surface area contributed by atoms with Crippen molar-refractivity contribution < 1.29 is 9.53 Å². The van der Waals surface area contributed by atoms with E-state index in [1.807, 2.05) is 29.5 Å². The average molecular weight is 384 g/mol. The molecule has 0 aliphatic rings. The smallest absolute Gasteiger partial charge is 0.267 e. The first-order chi connectivity index (χ1) is 9.61. The second kappa shape index (κ2) is 6.65. The minimum Gasteiger partial charge on any atom is -0.494 e. The highest BCUT2D eigenvalue weighted by Gasteiger charge is 2.09. The topological polar surface area (TPSA) is 61.2 Å². The summed E-state index contributed by atoms with van der Waals surface area (Å²) in [5.41, 5.74) is 0.333. The molecule has 1 aromatic heterocycles. The summed E-state index contributed by atoms with van der Waals surface area (Å²) in [6.45, 7) is 2.46. The number of ketones is 1. The van der Waals surface area contributed by atoms with Crippen molar-refractivity contribution in [3.63, 3.8) is 0 Å². The van der Waals surface area contributed by atoms with Gasteiger partial charge in [0.15, 0.2) is 5.78 Å². The molecule has 0 spiro atoms. The van der Waals surface area contributed by atoms with Crippen LogP contribution in [-0.4, -0.2) is 21.9 Å². The minimum absolute atomic E-state index is 0.0172. The van der Waals surface area contributed by atoms with Gasteiger partial charge in [0, 0.05) is 11.8 Å². The summed E-state index contributed by atoms with van der Waals surface area (Å²) < 4.78 is 7.11. The number of hydrogen-bond donors (Lipinski definition) is 0. The molecule has 0 radical (unpaired) electrons. The lowest BCUT2D eigenvalue weighted by atomic mass is 10.1. The van der Waals surface area contributed by atoms with E-state index >= 15 is 0 Å². The standard InChI is InChI=1S/C14H13IN2O3/c1-2-20-11-5-3-10(4-6-11)13(18)8-17-9-16-7-12(15)14(17)19/h3-7,9H,2,8H2,1H3. The Balaban J connectivity index is 2.15. The van der Waals surface area contributed by atoms with Gasteiger partial charge in [-0.25, -0.2) is 4.98 Å². The molecule has 2 aromatic rings. The molecule has 0 bridgehead atoms. The second-order valence-corrected chi connectivity index (χ2v) is 5.22. The normalized spacial score (nSPS) is 10.3. The summed E-state index contributed by atoms with van der Waals surface area (Å²) in [6.07, 6.45) is 2.84. The van der Waals surface area contributed by atoms with Crippen LogP contribution < -0.4 is 10.3 Å². The number of halogens is 1. The molecule has 5 nitrogen and oxygen atoms in total. The molecule has 0 N–H and O–H groups in total. The number of carbonyl (C=O) groups is 1. The minimum atomic E-state index is -0.208. The van der Waals surface area contributed by atoms with E-state index in [0.29, 0.717) is 15.7 Å². The van der Waals surface area contributed by atoms with Gasteiger partial charge in [-0.1, -0.05) is 0 Å². The number of Topliss-reactive ketones (excluding diaryl/α,β-unsaturated/α-hetero) is 1. The maximum Gasteiger partial charge on any atom is 0.267 e. The Morgan fingerprint density at radius 3 is 2.70 bits per heavy atom. The highest BCUT2D eigenvalue weighted by Crippen LogP contribution is 2.12. The first-order valence-corrected chi connectivity index (χ1v) is 7.15. The maximum absolute atomic E-state index is 12.1. The molecule has 2 rings (SSSR count). The highest BCUT2D eigenvalue weighted by molar-refractivity contribution is 14.1. The zero-order valence-corrected chi connectivity index (χ0v) is 13.0. The van der Waals surface area contributed by atoms with E-state index in [2.05, 4.69) is 4.98 Å². The maximum atomic E-state index is 12.1. The Bertz CT molecular complexity index is 665. The number of benzene rings is 1. The van der Waals surface area contributed by atoms with E-state index in [4.69, 9.17) is 4.74 Å². The highest BCUT2D eigenvalue weighted by atomic mass is 127. The van der Waals surface area contributed by atoms with E-state index in [-0.39, 0.29) is 17.9 Å². The average Bonchev–Trinajstić information content (AvgIpc) is 2.45. The number of carbonyl (C=O) groups excluding carboxylic acids is 1. The van der Waals surface area contributed by atoms with Gasteiger partial charge in [-0.05, 0) is 53.8 Å². The third-order valence-electron chi connectivity index (χ3n) is 2.66. The molecule has 0 fully saturated rings. The lowest BCUT2D eigenvalue weighted by Gasteiger charge is -2.06. The second-order valence-electron chi connectivity index (χ2n) is 4.06.